The number of sulfonamides is 1. The van der Waals surface area contributed by atoms with E-state index in [1.165, 1.54) is 4.31 Å². The Balaban J connectivity index is 2.05. The van der Waals surface area contributed by atoms with Crippen molar-refractivity contribution in [1.29, 1.82) is 0 Å². The fourth-order valence-electron chi connectivity index (χ4n) is 3.67. The summed E-state index contributed by atoms with van der Waals surface area (Å²) in [6, 6.07) is 2.00. The van der Waals surface area contributed by atoms with Gasteiger partial charge < -0.3 is 5.32 Å². The minimum atomic E-state index is -3.63. The summed E-state index contributed by atoms with van der Waals surface area (Å²) in [4.78, 5) is 12.7. The first-order chi connectivity index (χ1) is 13.4. The highest BCUT2D eigenvalue weighted by Gasteiger charge is 2.34. The maximum absolute atomic E-state index is 13.3. The lowest BCUT2D eigenvalue weighted by Crippen LogP contribution is -2.44. The van der Waals surface area contributed by atoms with Crippen LogP contribution in [-0.2, 0) is 24.7 Å². The highest BCUT2D eigenvalue weighted by atomic mass is 32.2. The second kappa shape index (κ2) is 9.14. The summed E-state index contributed by atoms with van der Waals surface area (Å²) in [5, 5.41) is 2.68. The molecule has 1 aliphatic rings. The average Bonchev–Trinajstić information content (AvgIpc) is 2.66. The Labute approximate surface area is 174 Å². The minimum Gasteiger partial charge on any atom is -0.355 e. The van der Waals surface area contributed by atoms with Crippen molar-refractivity contribution in [2.75, 3.05) is 31.1 Å². The lowest BCUT2D eigenvalue weighted by Gasteiger charge is -2.31. The quantitative estimate of drug-likeness (QED) is 0.692. The van der Waals surface area contributed by atoms with Gasteiger partial charge in [-0.25, -0.2) is 16.8 Å². The van der Waals surface area contributed by atoms with Crippen LogP contribution in [0.15, 0.2) is 11.0 Å². The Kier molecular flexibility index (Phi) is 7.51. The molecule has 29 heavy (non-hydrogen) atoms. The Hall–Kier alpha value is -1.45. The molecule has 9 heteroatoms. The number of aryl methyl sites for hydroxylation is 2. The highest BCUT2D eigenvalue weighted by molar-refractivity contribution is 7.91. The van der Waals surface area contributed by atoms with E-state index in [1.807, 2.05) is 33.8 Å². The second-order valence-electron chi connectivity index (χ2n) is 7.80. The van der Waals surface area contributed by atoms with E-state index in [-0.39, 0.29) is 43.0 Å². The van der Waals surface area contributed by atoms with Crippen molar-refractivity contribution in [2.24, 2.45) is 5.92 Å². The summed E-state index contributed by atoms with van der Waals surface area (Å²) < 4.78 is 51.1. The van der Waals surface area contributed by atoms with Crippen LogP contribution < -0.4 is 5.32 Å². The lowest BCUT2D eigenvalue weighted by molar-refractivity contribution is -0.125. The number of nitrogens with zero attached hydrogens (tertiary/aromatic N) is 1. The number of piperidine rings is 1. The van der Waals surface area contributed by atoms with E-state index in [1.54, 1.807) is 6.92 Å². The molecule has 1 aromatic rings. The van der Waals surface area contributed by atoms with Crippen molar-refractivity contribution >= 4 is 25.8 Å². The van der Waals surface area contributed by atoms with Gasteiger partial charge in [-0.3, -0.25) is 4.79 Å². The van der Waals surface area contributed by atoms with Crippen LogP contribution >= 0.6 is 0 Å². The predicted octanol–water partition coefficient (Wildman–Crippen LogP) is 1.87. The van der Waals surface area contributed by atoms with E-state index < -0.39 is 19.9 Å². The summed E-state index contributed by atoms with van der Waals surface area (Å²) in [6.07, 6.45) is 0.850. The van der Waals surface area contributed by atoms with Crippen molar-refractivity contribution in [3.63, 3.8) is 0 Å². The third-order valence-electron chi connectivity index (χ3n) is 5.87. The fourth-order valence-corrected chi connectivity index (χ4v) is 6.42. The third-order valence-corrected chi connectivity index (χ3v) is 9.75. The minimum absolute atomic E-state index is 0.0520. The maximum atomic E-state index is 13.3. The molecular formula is C20H32N2O5S2. The summed E-state index contributed by atoms with van der Waals surface area (Å²) >= 11 is 0. The first kappa shape index (κ1) is 23.8. The third kappa shape index (κ3) is 5.38. The number of sulfone groups is 1. The monoisotopic (exact) mass is 444 g/mol. The van der Waals surface area contributed by atoms with Gasteiger partial charge in [0, 0.05) is 31.3 Å². The van der Waals surface area contributed by atoms with Gasteiger partial charge in [0.1, 0.15) is 0 Å². The van der Waals surface area contributed by atoms with E-state index >= 15 is 0 Å². The van der Waals surface area contributed by atoms with Gasteiger partial charge in [-0.05, 0) is 62.8 Å². The van der Waals surface area contributed by atoms with E-state index in [9.17, 15) is 21.6 Å². The van der Waals surface area contributed by atoms with Crippen molar-refractivity contribution < 1.29 is 21.6 Å². The number of carbonyl (C=O) groups is 1. The van der Waals surface area contributed by atoms with Gasteiger partial charge in [0.15, 0.2) is 9.84 Å². The van der Waals surface area contributed by atoms with Crippen molar-refractivity contribution in [3.05, 3.63) is 28.3 Å². The van der Waals surface area contributed by atoms with Gasteiger partial charge in [0.05, 0.1) is 10.6 Å². The molecule has 7 nitrogen and oxygen atoms in total. The largest absolute Gasteiger partial charge is 0.355 e. The van der Waals surface area contributed by atoms with Crippen molar-refractivity contribution in [3.8, 4) is 0 Å². The molecule has 164 valence electrons. The van der Waals surface area contributed by atoms with E-state index in [2.05, 4.69) is 5.32 Å². The summed E-state index contributed by atoms with van der Waals surface area (Å²) in [7, 11) is -6.76. The van der Waals surface area contributed by atoms with Crippen molar-refractivity contribution in [1.82, 2.24) is 9.62 Å². The summed E-state index contributed by atoms with van der Waals surface area (Å²) in [5.74, 6) is -0.524. The molecule has 0 unspecified atom stereocenters. The van der Waals surface area contributed by atoms with Crippen LogP contribution in [0.4, 0.5) is 0 Å². The molecule has 2 rings (SSSR count). The van der Waals surface area contributed by atoms with Gasteiger partial charge in [-0.15, -0.1) is 0 Å². The van der Waals surface area contributed by atoms with Crippen LogP contribution in [0.2, 0.25) is 0 Å². The van der Waals surface area contributed by atoms with Crippen LogP contribution in [0.25, 0.3) is 0 Å². The zero-order valence-corrected chi connectivity index (χ0v) is 19.5. The van der Waals surface area contributed by atoms with E-state index in [4.69, 9.17) is 0 Å². The van der Waals surface area contributed by atoms with Gasteiger partial charge in [-0.2, -0.15) is 4.31 Å². The van der Waals surface area contributed by atoms with Gasteiger partial charge >= 0.3 is 0 Å². The molecular weight excluding hydrogens is 412 g/mol. The molecule has 1 N–H and O–H groups in total. The molecule has 1 heterocycles. The molecule has 1 aromatic carbocycles. The zero-order valence-electron chi connectivity index (χ0n) is 17.9. The number of rotatable bonds is 7. The number of hydrogen-bond donors (Lipinski definition) is 1. The van der Waals surface area contributed by atoms with Crippen LogP contribution in [0.1, 0.15) is 42.0 Å². The first-order valence-corrected chi connectivity index (χ1v) is 13.2. The molecule has 1 aliphatic heterocycles. The summed E-state index contributed by atoms with van der Waals surface area (Å²) in [6.45, 7) is 9.71. The Morgan fingerprint density at radius 1 is 1.03 bits per heavy atom. The van der Waals surface area contributed by atoms with Crippen LogP contribution in [0, 0.1) is 33.6 Å². The maximum Gasteiger partial charge on any atom is 0.243 e. The number of benzene rings is 1. The van der Waals surface area contributed by atoms with Gasteiger partial charge in [-0.1, -0.05) is 13.0 Å². The highest BCUT2D eigenvalue weighted by Crippen LogP contribution is 2.31. The number of hydrogen-bond acceptors (Lipinski definition) is 5. The number of nitrogens with one attached hydrogen (secondary N) is 1. The number of amides is 1. The van der Waals surface area contributed by atoms with Crippen LogP contribution in [-0.4, -0.2) is 58.2 Å². The molecule has 0 radical (unpaired) electrons. The molecule has 1 amide bonds. The lowest BCUT2D eigenvalue weighted by atomic mass is 9.97. The molecule has 0 aromatic heterocycles. The molecule has 0 saturated carbocycles. The predicted molar refractivity (Wildman–Crippen MR) is 114 cm³/mol. The van der Waals surface area contributed by atoms with Crippen LogP contribution in [0.3, 0.4) is 0 Å². The molecule has 1 fully saturated rings. The Morgan fingerprint density at radius 3 is 2.03 bits per heavy atom. The van der Waals surface area contributed by atoms with Crippen molar-refractivity contribution in [2.45, 2.75) is 52.4 Å². The smallest absolute Gasteiger partial charge is 0.243 e. The normalized spacial score (nSPS) is 16.7. The van der Waals surface area contributed by atoms with E-state index in [0.29, 0.717) is 17.7 Å². The number of carbonyl (C=O) groups excluding carboxylic acids is 1. The van der Waals surface area contributed by atoms with Crippen LogP contribution in [0.5, 0.6) is 0 Å². The molecule has 0 aliphatic carbocycles. The molecule has 0 spiro atoms. The summed E-state index contributed by atoms with van der Waals surface area (Å²) in [5.41, 5.74) is 3.43. The Morgan fingerprint density at radius 2 is 1.55 bits per heavy atom. The molecule has 1 saturated heterocycles. The van der Waals surface area contributed by atoms with Gasteiger partial charge in [0.25, 0.3) is 0 Å². The topological polar surface area (TPSA) is 101 Å². The second-order valence-corrected chi connectivity index (χ2v) is 12.1. The van der Waals surface area contributed by atoms with E-state index in [0.717, 1.165) is 22.3 Å². The molecule has 0 bridgehead atoms. The average molecular weight is 445 g/mol. The molecule has 0 atom stereocenters. The Bertz CT molecular complexity index is 950. The SMILES string of the molecule is CCS(=O)(=O)CCNC(=O)C1CCN(S(=O)(=O)c2c(C)c(C)cc(C)c2C)CC1. The zero-order chi connectivity index (χ0) is 22.0. The fraction of sp³-hybridized carbons (Fsp3) is 0.650. The standard InChI is InChI=1S/C20H32N2O5S2/c1-6-28(24,25)12-9-21-20(23)18-7-10-22(11-8-18)29(26,27)19-16(4)14(2)13-15(3)17(19)5/h13,18H,6-12H2,1-5H3,(H,21,23). The first-order valence-electron chi connectivity index (χ1n) is 9.96. The van der Waals surface area contributed by atoms with Gasteiger partial charge in [0.2, 0.25) is 15.9 Å².